The minimum Gasteiger partial charge on any atom is -0.354 e. The highest BCUT2D eigenvalue weighted by atomic mass is 32.1. The molecule has 17 heavy (non-hydrogen) atoms. The van der Waals surface area contributed by atoms with E-state index in [4.69, 9.17) is 5.73 Å². The lowest BCUT2D eigenvalue weighted by molar-refractivity contribution is 0.850. The molecule has 0 saturated heterocycles. The molecule has 90 valence electrons. The van der Waals surface area contributed by atoms with E-state index in [0.717, 1.165) is 24.5 Å². The summed E-state index contributed by atoms with van der Waals surface area (Å²) >= 11 is 1.61. The minimum atomic E-state index is 0.642. The van der Waals surface area contributed by atoms with E-state index in [2.05, 4.69) is 26.3 Å². The quantitative estimate of drug-likeness (QED) is 0.874. The van der Waals surface area contributed by atoms with E-state index in [0.29, 0.717) is 6.54 Å². The van der Waals surface area contributed by atoms with E-state index in [-0.39, 0.29) is 0 Å². The summed E-state index contributed by atoms with van der Waals surface area (Å²) in [5.41, 5.74) is 9.72. The molecule has 2 heterocycles. The first-order valence-electron chi connectivity index (χ1n) is 5.53. The van der Waals surface area contributed by atoms with Crippen LogP contribution in [0.3, 0.4) is 0 Å². The van der Waals surface area contributed by atoms with Crippen molar-refractivity contribution in [3.05, 3.63) is 40.5 Å². The van der Waals surface area contributed by atoms with Crippen LogP contribution in [0.1, 0.15) is 11.3 Å². The van der Waals surface area contributed by atoms with Gasteiger partial charge in [0, 0.05) is 18.6 Å². The normalized spacial score (nSPS) is 10.5. The molecule has 0 spiro atoms. The second kappa shape index (κ2) is 5.75. The minimum absolute atomic E-state index is 0.642. The predicted molar refractivity (Wildman–Crippen MR) is 71.2 cm³/mol. The molecule has 0 aliphatic rings. The maximum Gasteiger partial charge on any atom is 0.131 e. The van der Waals surface area contributed by atoms with Crippen LogP contribution >= 0.6 is 11.3 Å². The van der Waals surface area contributed by atoms with E-state index in [1.807, 2.05) is 24.8 Å². The maximum absolute atomic E-state index is 5.61. The number of hydrogen-bond donors (Lipinski definition) is 1. The number of nitrogens with two attached hydrogens (primary N) is 1. The molecule has 0 bridgehead atoms. The Morgan fingerprint density at radius 1 is 1.41 bits per heavy atom. The molecule has 0 aliphatic carbocycles. The first-order chi connectivity index (χ1) is 8.31. The van der Waals surface area contributed by atoms with Crippen LogP contribution in [0.25, 0.3) is 0 Å². The third kappa shape index (κ3) is 3.01. The zero-order valence-corrected chi connectivity index (χ0v) is 10.7. The highest BCUT2D eigenvalue weighted by Gasteiger charge is 2.09. The van der Waals surface area contributed by atoms with Crippen molar-refractivity contribution in [2.75, 3.05) is 18.5 Å². The summed E-state index contributed by atoms with van der Waals surface area (Å²) in [6.45, 7) is 1.42. The zero-order chi connectivity index (χ0) is 12.1. The zero-order valence-electron chi connectivity index (χ0n) is 9.84. The van der Waals surface area contributed by atoms with Crippen LogP contribution in [0, 0.1) is 0 Å². The summed E-state index contributed by atoms with van der Waals surface area (Å²) in [4.78, 5) is 10.8. The fraction of sp³-hybridized carbons (Fsp3) is 0.333. The third-order valence-electron chi connectivity index (χ3n) is 2.53. The van der Waals surface area contributed by atoms with Crippen LogP contribution in [-0.2, 0) is 13.0 Å². The van der Waals surface area contributed by atoms with Crippen molar-refractivity contribution < 1.29 is 0 Å². The van der Waals surface area contributed by atoms with Crippen molar-refractivity contribution >= 4 is 17.2 Å². The lowest BCUT2D eigenvalue weighted by atomic mass is 10.2. The number of pyridine rings is 1. The van der Waals surface area contributed by atoms with Crippen molar-refractivity contribution in [1.29, 1.82) is 0 Å². The van der Waals surface area contributed by atoms with Crippen LogP contribution in [0.5, 0.6) is 0 Å². The van der Waals surface area contributed by atoms with Gasteiger partial charge in [0.15, 0.2) is 0 Å². The molecule has 0 unspecified atom stereocenters. The molecule has 0 amide bonds. The number of thiazole rings is 1. The van der Waals surface area contributed by atoms with Crippen molar-refractivity contribution in [3.8, 4) is 0 Å². The fourth-order valence-electron chi connectivity index (χ4n) is 1.76. The highest BCUT2D eigenvalue weighted by molar-refractivity contribution is 7.07. The Kier molecular flexibility index (Phi) is 4.06. The summed E-state index contributed by atoms with van der Waals surface area (Å²) in [5.74, 6) is 0.992. The monoisotopic (exact) mass is 248 g/mol. The lowest BCUT2D eigenvalue weighted by Gasteiger charge is -2.19. The Morgan fingerprint density at radius 3 is 3.00 bits per heavy atom. The van der Waals surface area contributed by atoms with Crippen LogP contribution in [-0.4, -0.2) is 23.6 Å². The van der Waals surface area contributed by atoms with Gasteiger partial charge in [-0.1, -0.05) is 6.07 Å². The molecule has 4 nitrogen and oxygen atoms in total. The standard InChI is InChI=1S/C12H16N4S/c1-16(7-11-8-17-9-15-11)12-10(4-5-13)3-2-6-14-12/h2-3,6,8-9H,4-5,7,13H2,1H3. The summed E-state index contributed by atoms with van der Waals surface area (Å²) in [7, 11) is 2.03. The van der Waals surface area contributed by atoms with Gasteiger partial charge in [-0.15, -0.1) is 11.3 Å². The highest BCUT2D eigenvalue weighted by Crippen LogP contribution is 2.18. The van der Waals surface area contributed by atoms with Crippen LogP contribution in [0.2, 0.25) is 0 Å². The van der Waals surface area contributed by atoms with Crippen molar-refractivity contribution in [3.63, 3.8) is 0 Å². The molecule has 0 aliphatic heterocycles. The Hall–Kier alpha value is -1.46. The summed E-state index contributed by atoms with van der Waals surface area (Å²) in [6.07, 6.45) is 2.66. The third-order valence-corrected chi connectivity index (χ3v) is 3.16. The summed E-state index contributed by atoms with van der Waals surface area (Å²) in [5, 5.41) is 2.06. The number of nitrogens with zero attached hydrogens (tertiary/aromatic N) is 3. The molecule has 0 saturated carbocycles. The lowest BCUT2D eigenvalue weighted by Crippen LogP contribution is -2.20. The fourth-order valence-corrected chi connectivity index (χ4v) is 2.31. The predicted octanol–water partition coefficient (Wildman–Crippen LogP) is 1.68. The van der Waals surface area contributed by atoms with Gasteiger partial charge in [-0.2, -0.15) is 0 Å². The molecule has 0 radical (unpaired) electrons. The molecule has 2 N–H and O–H groups in total. The Labute approximate surface area is 105 Å². The van der Waals surface area contributed by atoms with E-state index >= 15 is 0 Å². The second-order valence-corrected chi connectivity index (χ2v) is 4.58. The molecule has 2 rings (SSSR count). The van der Waals surface area contributed by atoms with Gasteiger partial charge in [0.1, 0.15) is 5.82 Å². The van der Waals surface area contributed by atoms with Crippen molar-refractivity contribution in [2.24, 2.45) is 5.73 Å². The topological polar surface area (TPSA) is 55.0 Å². The molecular formula is C12H16N4S. The molecule has 0 aromatic carbocycles. The first kappa shape index (κ1) is 12.0. The van der Waals surface area contributed by atoms with Gasteiger partial charge in [0.2, 0.25) is 0 Å². The van der Waals surface area contributed by atoms with Gasteiger partial charge in [0.25, 0.3) is 0 Å². The molecule has 5 heteroatoms. The summed E-state index contributed by atoms with van der Waals surface area (Å²) in [6, 6.07) is 4.03. The average Bonchev–Trinajstić information content (AvgIpc) is 2.83. The van der Waals surface area contributed by atoms with Crippen LogP contribution < -0.4 is 10.6 Å². The Bertz CT molecular complexity index is 455. The molecule has 2 aromatic rings. The molecule has 0 fully saturated rings. The summed E-state index contributed by atoms with van der Waals surface area (Å²) < 4.78 is 0. The number of rotatable bonds is 5. The van der Waals surface area contributed by atoms with Gasteiger partial charge < -0.3 is 10.6 Å². The smallest absolute Gasteiger partial charge is 0.131 e. The molecule has 0 atom stereocenters. The number of aromatic nitrogens is 2. The van der Waals surface area contributed by atoms with Gasteiger partial charge in [-0.25, -0.2) is 9.97 Å². The Morgan fingerprint density at radius 2 is 2.29 bits per heavy atom. The first-order valence-corrected chi connectivity index (χ1v) is 6.47. The van der Waals surface area contributed by atoms with Gasteiger partial charge in [0.05, 0.1) is 17.7 Å². The van der Waals surface area contributed by atoms with E-state index in [1.54, 1.807) is 11.3 Å². The number of hydrogen-bond acceptors (Lipinski definition) is 5. The van der Waals surface area contributed by atoms with E-state index in [9.17, 15) is 0 Å². The Balaban J connectivity index is 2.15. The average molecular weight is 248 g/mol. The SMILES string of the molecule is CN(Cc1cscn1)c1ncccc1CCN. The van der Waals surface area contributed by atoms with Crippen LogP contribution in [0.15, 0.2) is 29.2 Å². The molecule has 2 aromatic heterocycles. The van der Waals surface area contributed by atoms with Gasteiger partial charge >= 0.3 is 0 Å². The van der Waals surface area contributed by atoms with Crippen molar-refractivity contribution in [2.45, 2.75) is 13.0 Å². The van der Waals surface area contributed by atoms with E-state index < -0.39 is 0 Å². The molecular weight excluding hydrogens is 232 g/mol. The van der Waals surface area contributed by atoms with Crippen LogP contribution in [0.4, 0.5) is 5.82 Å². The van der Waals surface area contributed by atoms with Gasteiger partial charge in [-0.3, -0.25) is 0 Å². The van der Waals surface area contributed by atoms with E-state index in [1.165, 1.54) is 5.56 Å². The van der Waals surface area contributed by atoms with Crippen molar-refractivity contribution in [1.82, 2.24) is 9.97 Å². The second-order valence-electron chi connectivity index (χ2n) is 3.86. The largest absolute Gasteiger partial charge is 0.354 e. The maximum atomic E-state index is 5.61. The van der Waals surface area contributed by atoms with Gasteiger partial charge in [-0.05, 0) is 24.6 Å². The number of anilines is 1.